The molecule has 7 nitrogen and oxygen atoms in total. The Balaban J connectivity index is 1.51. The maximum Gasteiger partial charge on any atom is 0.168 e. The predicted octanol–water partition coefficient (Wildman–Crippen LogP) is 3.73. The number of methoxy groups -OCH3 is 2. The van der Waals surface area contributed by atoms with Gasteiger partial charge in [-0.3, -0.25) is 0 Å². The molecule has 0 unspecified atom stereocenters. The zero-order valence-electron chi connectivity index (χ0n) is 20.5. The Bertz CT molecular complexity index is 853. The number of piperidine rings is 1. The Hall–Kier alpha value is -2.32. The summed E-state index contributed by atoms with van der Waals surface area (Å²) in [5.41, 5.74) is 1.14. The first kappa shape index (κ1) is 25.3. The standard InChI is InChI=1S/C25H39N5O2S/c1-5-28(6-2)12-7-10-27-25(33)29-13-8-21(9-14-29)24-26-11-15-30(24)19-20-16-22(31-3)18-23(17-20)32-4/h11,15-18,21H,5-10,12-14,19H2,1-4H3,(H,27,33). The van der Waals surface area contributed by atoms with E-state index in [1.165, 1.54) is 0 Å². The Labute approximate surface area is 204 Å². The molecule has 2 heterocycles. The molecule has 0 bridgehead atoms. The van der Waals surface area contributed by atoms with E-state index >= 15 is 0 Å². The molecule has 0 atom stereocenters. The van der Waals surface area contributed by atoms with Crippen LogP contribution in [0.25, 0.3) is 0 Å². The van der Waals surface area contributed by atoms with E-state index in [1.807, 2.05) is 12.3 Å². The van der Waals surface area contributed by atoms with Crippen molar-refractivity contribution < 1.29 is 9.47 Å². The van der Waals surface area contributed by atoms with Gasteiger partial charge in [0, 0.05) is 50.6 Å². The topological polar surface area (TPSA) is 54.8 Å². The number of aromatic nitrogens is 2. The molecule has 1 saturated heterocycles. The fourth-order valence-corrected chi connectivity index (χ4v) is 4.74. The zero-order chi connectivity index (χ0) is 23.6. The van der Waals surface area contributed by atoms with Crippen molar-refractivity contribution in [2.24, 2.45) is 0 Å². The average molecular weight is 474 g/mol. The van der Waals surface area contributed by atoms with Crippen LogP contribution in [0.15, 0.2) is 30.6 Å². The number of nitrogens with one attached hydrogen (secondary N) is 1. The van der Waals surface area contributed by atoms with Crippen molar-refractivity contribution >= 4 is 17.3 Å². The number of thiocarbonyl (C=S) groups is 1. The molecule has 3 rings (SSSR count). The van der Waals surface area contributed by atoms with Gasteiger partial charge in [-0.15, -0.1) is 0 Å². The molecule has 1 fully saturated rings. The molecular weight excluding hydrogens is 434 g/mol. The molecule has 33 heavy (non-hydrogen) atoms. The highest BCUT2D eigenvalue weighted by atomic mass is 32.1. The van der Waals surface area contributed by atoms with E-state index in [1.54, 1.807) is 14.2 Å². The molecule has 1 aliphatic rings. The predicted molar refractivity (Wildman–Crippen MR) is 137 cm³/mol. The number of likely N-dealkylation sites (tertiary alicyclic amines) is 1. The second-order valence-corrected chi connectivity index (χ2v) is 8.89. The third kappa shape index (κ3) is 7.08. The summed E-state index contributed by atoms with van der Waals surface area (Å²) in [6.45, 7) is 11.4. The quantitative estimate of drug-likeness (QED) is 0.394. The first-order valence-electron chi connectivity index (χ1n) is 12.1. The van der Waals surface area contributed by atoms with Crippen LogP contribution in [0.1, 0.15) is 50.4 Å². The normalized spacial score (nSPS) is 14.5. The van der Waals surface area contributed by atoms with Crippen molar-refractivity contribution in [3.05, 3.63) is 42.0 Å². The summed E-state index contributed by atoms with van der Waals surface area (Å²) < 4.78 is 13.1. The number of benzene rings is 1. The Morgan fingerprint density at radius 3 is 2.39 bits per heavy atom. The van der Waals surface area contributed by atoms with E-state index in [4.69, 9.17) is 26.7 Å². The molecule has 8 heteroatoms. The molecule has 1 aromatic carbocycles. The van der Waals surface area contributed by atoms with Gasteiger partial charge in [-0.25, -0.2) is 4.98 Å². The molecule has 1 aromatic heterocycles. The van der Waals surface area contributed by atoms with Crippen molar-refractivity contribution in [2.75, 3.05) is 53.5 Å². The fourth-order valence-electron chi connectivity index (χ4n) is 4.46. The SMILES string of the molecule is CCN(CC)CCCNC(=S)N1CCC(c2nccn2Cc2cc(OC)cc(OC)c2)CC1. The number of rotatable bonds is 11. The third-order valence-electron chi connectivity index (χ3n) is 6.48. The summed E-state index contributed by atoms with van der Waals surface area (Å²) in [7, 11) is 3.36. The molecule has 2 aromatic rings. The van der Waals surface area contributed by atoms with Crippen LogP contribution in [0.4, 0.5) is 0 Å². The van der Waals surface area contributed by atoms with Crippen LogP contribution in [-0.4, -0.2) is 78.0 Å². The number of imidazole rings is 1. The monoisotopic (exact) mass is 473 g/mol. The van der Waals surface area contributed by atoms with Gasteiger partial charge in [0.15, 0.2) is 5.11 Å². The summed E-state index contributed by atoms with van der Waals surface area (Å²) in [5, 5.41) is 4.35. The number of nitrogens with zero attached hydrogens (tertiary/aromatic N) is 4. The summed E-state index contributed by atoms with van der Waals surface area (Å²) in [4.78, 5) is 9.47. The van der Waals surface area contributed by atoms with Gasteiger partial charge in [-0.05, 0) is 68.8 Å². The van der Waals surface area contributed by atoms with E-state index in [0.29, 0.717) is 5.92 Å². The van der Waals surface area contributed by atoms with Crippen molar-refractivity contribution in [3.63, 3.8) is 0 Å². The molecular formula is C25H39N5O2S. The van der Waals surface area contributed by atoms with E-state index in [9.17, 15) is 0 Å². The van der Waals surface area contributed by atoms with Crippen LogP contribution in [0.3, 0.4) is 0 Å². The lowest BCUT2D eigenvalue weighted by Crippen LogP contribution is -2.44. The highest BCUT2D eigenvalue weighted by Gasteiger charge is 2.25. The minimum Gasteiger partial charge on any atom is -0.497 e. The van der Waals surface area contributed by atoms with Gasteiger partial charge in [-0.1, -0.05) is 13.8 Å². The van der Waals surface area contributed by atoms with Gasteiger partial charge >= 0.3 is 0 Å². The molecule has 0 aliphatic carbocycles. The molecule has 0 amide bonds. The number of hydrogen-bond acceptors (Lipinski definition) is 5. The van der Waals surface area contributed by atoms with Crippen LogP contribution < -0.4 is 14.8 Å². The van der Waals surface area contributed by atoms with Crippen LogP contribution in [0.5, 0.6) is 11.5 Å². The molecule has 0 radical (unpaired) electrons. The smallest absolute Gasteiger partial charge is 0.168 e. The van der Waals surface area contributed by atoms with Crippen molar-refractivity contribution in [3.8, 4) is 11.5 Å². The lowest BCUT2D eigenvalue weighted by atomic mass is 9.96. The first-order chi connectivity index (χ1) is 16.1. The highest BCUT2D eigenvalue weighted by Crippen LogP contribution is 2.29. The molecule has 1 aliphatic heterocycles. The van der Waals surface area contributed by atoms with E-state index < -0.39 is 0 Å². The lowest BCUT2D eigenvalue weighted by molar-refractivity contribution is 0.291. The fraction of sp³-hybridized carbons (Fsp3) is 0.600. The van der Waals surface area contributed by atoms with Crippen molar-refractivity contribution in [2.45, 2.75) is 45.6 Å². The molecule has 0 spiro atoms. The zero-order valence-corrected chi connectivity index (χ0v) is 21.4. The second-order valence-electron chi connectivity index (χ2n) is 8.51. The van der Waals surface area contributed by atoms with E-state index in [0.717, 1.165) is 93.1 Å². The van der Waals surface area contributed by atoms with Gasteiger partial charge in [-0.2, -0.15) is 0 Å². The number of ether oxygens (including phenoxy) is 2. The van der Waals surface area contributed by atoms with Crippen molar-refractivity contribution in [1.82, 2.24) is 24.7 Å². The van der Waals surface area contributed by atoms with Crippen LogP contribution >= 0.6 is 12.2 Å². The summed E-state index contributed by atoms with van der Waals surface area (Å²) in [5.74, 6) is 3.19. The van der Waals surface area contributed by atoms with Gasteiger partial charge in [0.1, 0.15) is 17.3 Å². The van der Waals surface area contributed by atoms with Crippen LogP contribution in [0, 0.1) is 0 Å². The number of hydrogen-bond donors (Lipinski definition) is 1. The maximum absolute atomic E-state index is 5.66. The summed E-state index contributed by atoms with van der Waals surface area (Å²) in [6, 6.07) is 6.01. The summed E-state index contributed by atoms with van der Waals surface area (Å²) >= 11 is 5.66. The van der Waals surface area contributed by atoms with Crippen molar-refractivity contribution in [1.29, 1.82) is 0 Å². The van der Waals surface area contributed by atoms with E-state index in [-0.39, 0.29) is 0 Å². The van der Waals surface area contributed by atoms with Crippen LogP contribution in [0.2, 0.25) is 0 Å². The Morgan fingerprint density at radius 2 is 1.79 bits per heavy atom. The lowest BCUT2D eigenvalue weighted by Gasteiger charge is -2.34. The highest BCUT2D eigenvalue weighted by molar-refractivity contribution is 7.80. The van der Waals surface area contributed by atoms with Crippen LogP contribution in [-0.2, 0) is 6.54 Å². The Kier molecular flexibility index (Phi) is 9.81. The first-order valence-corrected chi connectivity index (χ1v) is 12.5. The average Bonchev–Trinajstić information content (AvgIpc) is 3.31. The molecule has 1 N–H and O–H groups in total. The van der Waals surface area contributed by atoms with Gasteiger partial charge in [0.05, 0.1) is 14.2 Å². The van der Waals surface area contributed by atoms with Gasteiger partial charge in [0.25, 0.3) is 0 Å². The van der Waals surface area contributed by atoms with E-state index in [2.05, 4.69) is 51.9 Å². The molecule has 0 saturated carbocycles. The summed E-state index contributed by atoms with van der Waals surface area (Å²) in [6.07, 6.45) is 7.20. The minimum absolute atomic E-state index is 0.439. The van der Waals surface area contributed by atoms with Gasteiger partial charge in [0.2, 0.25) is 0 Å². The largest absolute Gasteiger partial charge is 0.497 e. The Morgan fingerprint density at radius 1 is 1.12 bits per heavy atom. The third-order valence-corrected chi connectivity index (χ3v) is 6.88. The minimum atomic E-state index is 0.439. The maximum atomic E-state index is 5.66. The molecule has 182 valence electrons. The second kappa shape index (κ2) is 12.8. The van der Waals surface area contributed by atoms with Gasteiger partial charge < -0.3 is 29.2 Å².